The van der Waals surface area contributed by atoms with Crippen LogP contribution in [0.1, 0.15) is 37.5 Å². The van der Waals surface area contributed by atoms with Gasteiger partial charge in [-0.2, -0.15) is 0 Å². The Morgan fingerprint density at radius 3 is 2.54 bits per heavy atom. The Hall–Kier alpha value is -2.82. The number of nitrogens with one attached hydrogen (secondary N) is 1. The minimum absolute atomic E-state index is 0.0957. The van der Waals surface area contributed by atoms with Gasteiger partial charge in [0.15, 0.2) is 5.76 Å². The van der Waals surface area contributed by atoms with Crippen molar-refractivity contribution in [3.8, 4) is 11.3 Å². The molecule has 0 aliphatic heterocycles. The first-order valence-corrected chi connectivity index (χ1v) is 9.21. The smallest absolute Gasteiger partial charge is 0.223 e. The lowest BCUT2D eigenvalue weighted by atomic mass is 9.85. The number of carbonyl (C=O) groups is 1. The minimum Gasteiger partial charge on any atom is -0.359 e. The average molecular weight is 349 g/mol. The maximum Gasteiger partial charge on any atom is 0.223 e. The molecule has 3 aromatic rings. The molecule has 0 radical (unpaired) electrons. The molecule has 2 aromatic heterocycles. The van der Waals surface area contributed by atoms with Crippen LogP contribution in [0.3, 0.4) is 0 Å². The Kier molecular flexibility index (Phi) is 4.86. The van der Waals surface area contributed by atoms with Crippen LogP contribution in [0.4, 0.5) is 0 Å². The largest absolute Gasteiger partial charge is 0.359 e. The Balaban J connectivity index is 1.28. The SMILES string of the molecule is O=C(NCc1cc(-c2ccccc2)no1)C1CCC(n2cccc2)CC1. The molecular formula is C21H23N3O2. The highest BCUT2D eigenvalue weighted by atomic mass is 16.5. The van der Waals surface area contributed by atoms with E-state index in [1.807, 2.05) is 36.4 Å². The summed E-state index contributed by atoms with van der Waals surface area (Å²) in [5.41, 5.74) is 1.80. The summed E-state index contributed by atoms with van der Waals surface area (Å²) in [6.45, 7) is 0.385. The Morgan fingerprint density at radius 2 is 1.81 bits per heavy atom. The fourth-order valence-electron chi connectivity index (χ4n) is 3.69. The highest BCUT2D eigenvalue weighted by molar-refractivity contribution is 5.78. The first kappa shape index (κ1) is 16.6. The van der Waals surface area contributed by atoms with Crippen LogP contribution in [0, 0.1) is 5.92 Å². The molecule has 1 fully saturated rings. The standard InChI is InChI=1S/C21H23N3O2/c25-21(17-8-10-18(11-9-17)24-12-4-5-13-24)22-15-19-14-20(23-26-19)16-6-2-1-3-7-16/h1-7,12-14,17-18H,8-11,15H2,(H,22,25). The number of benzene rings is 1. The van der Waals surface area contributed by atoms with Gasteiger partial charge in [-0.15, -0.1) is 0 Å². The molecule has 0 saturated heterocycles. The van der Waals surface area contributed by atoms with Gasteiger partial charge in [0.05, 0.1) is 6.54 Å². The number of rotatable bonds is 5. The van der Waals surface area contributed by atoms with E-state index in [0.717, 1.165) is 36.9 Å². The van der Waals surface area contributed by atoms with E-state index in [0.29, 0.717) is 18.3 Å². The first-order valence-electron chi connectivity index (χ1n) is 9.21. The number of nitrogens with zero attached hydrogens (tertiary/aromatic N) is 2. The summed E-state index contributed by atoms with van der Waals surface area (Å²) in [7, 11) is 0. The molecule has 1 saturated carbocycles. The van der Waals surface area contributed by atoms with Gasteiger partial charge in [0.1, 0.15) is 5.69 Å². The molecule has 1 aliphatic carbocycles. The third-order valence-corrected chi connectivity index (χ3v) is 5.18. The van der Waals surface area contributed by atoms with E-state index >= 15 is 0 Å². The zero-order valence-electron chi connectivity index (χ0n) is 14.7. The molecule has 1 aromatic carbocycles. The van der Waals surface area contributed by atoms with Gasteiger partial charge in [-0.05, 0) is 37.8 Å². The molecule has 26 heavy (non-hydrogen) atoms. The van der Waals surface area contributed by atoms with Gasteiger partial charge in [-0.3, -0.25) is 4.79 Å². The molecule has 1 amide bonds. The Morgan fingerprint density at radius 1 is 1.08 bits per heavy atom. The van der Waals surface area contributed by atoms with Crippen LogP contribution in [0.5, 0.6) is 0 Å². The van der Waals surface area contributed by atoms with E-state index in [-0.39, 0.29) is 11.8 Å². The van der Waals surface area contributed by atoms with Crippen LogP contribution in [-0.4, -0.2) is 15.6 Å². The van der Waals surface area contributed by atoms with Crippen LogP contribution in [0.25, 0.3) is 11.3 Å². The first-order chi connectivity index (χ1) is 12.8. The molecule has 5 heteroatoms. The summed E-state index contributed by atoms with van der Waals surface area (Å²) < 4.78 is 7.61. The molecule has 4 rings (SSSR count). The van der Waals surface area contributed by atoms with Crippen molar-refractivity contribution in [2.75, 3.05) is 0 Å². The maximum atomic E-state index is 12.5. The van der Waals surface area contributed by atoms with Crippen molar-refractivity contribution >= 4 is 5.91 Å². The van der Waals surface area contributed by atoms with E-state index in [1.54, 1.807) is 0 Å². The van der Waals surface area contributed by atoms with Gasteiger partial charge in [0, 0.05) is 36.0 Å². The summed E-state index contributed by atoms with van der Waals surface area (Å²) in [6.07, 6.45) is 8.18. The van der Waals surface area contributed by atoms with E-state index in [4.69, 9.17) is 4.52 Å². The van der Waals surface area contributed by atoms with Gasteiger partial charge in [-0.1, -0.05) is 35.5 Å². The number of hydrogen-bond donors (Lipinski definition) is 1. The second-order valence-corrected chi connectivity index (χ2v) is 6.90. The molecule has 0 bridgehead atoms. The van der Waals surface area contributed by atoms with Crippen molar-refractivity contribution in [3.63, 3.8) is 0 Å². The third-order valence-electron chi connectivity index (χ3n) is 5.18. The summed E-state index contributed by atoms with van der Waals surface area (Å²) in [6, 6.07) is 16.4. The van der Waals surface area contributed by atoms with Crippen LogP contribution >= 0.6 is 0 Å². The Bertz CT molecular complexity index is 831. The highest BCUT2D eigenvalue weighted by Crippen LogP contribution is 2.32. The van der Waals surface area contributed by atoms with E-state index in [1.165, 1.54) is 0 Å². The lowest BCUT2D eigenvalue weighted by Gasteiger charge is -2.28. The van der Waals surface area contributed by atoms with Crippen molar-refractivity contribution in [1.82, 2.24) is 15.0 Å². The monoisotopic (exact) mass is 349 g/mol. The number of amides is 1. The molecule has 0 spiro atoms. The molecule has 1 aliphatic rings. The molecular weight excluding hydrogens is 326 g/mol. The predicted molar refractivity (Wildman–Crippen MR) is 99.2 cm³/mol. The zero-order valence-corrected chi connectivity index (χ0v) is 14.7. The van der Waals surface area contributed by atoms with E-state index in [2.05, 4.69) is 39.6 Å². The normalized spacial score (nSPS) is 20.0. The summed E-state index contributed by atoms with van der Waals surface area (Å²) >= 11 is 0. The number of aromatic nitrogens is 2. The van der Waals surface area contributed by atoms with Crippen molar-refractivity contribution in [2.24, 2.45) is 5.92 Å². The van der Waals surface area contributed by atoms with Gasteiger partial charge in [-0.25, -0.2) is 0 Å². The van der Waals surface area contributed by atoms with Gasteiger partial charge < -0.3 is 14.4 Å². The fraction of sp³-hybridized carbons (Fsp3) is 0.333. The van der Waals surface area contributed by atoms with E-state index in [9.17, 15) is 4.79 Å². The highest BCUT2D eigenvalue weighted by Gasteiger charge is 2.26. The van der Waals surface area contributed by atoms with Crippen LogP contribution < -0.4 is 5.32 Å². The summed E-state index contributed by atoms with van der Waals surface area (Å²) in [5, 5.41) is 7.09. The third kappa shape index (κ3) is 3.72. The second kappa shape index (κ2) is 7.60. The van der Waals surface area contributed by atoms with Crippen molar-refractivity contribution < 1.29 is 9.32 Å². The lowest BCUT2D eigenvalue weighted by molar-refractivity contribution is -0.126. The fourth-order valence-corrected chi connectivity index (χ4v) is 3.69. The molecule has 0 unspecified atom stereocenters. The summed E-state index contributed by atoms with van der Waals surface area (Å²) in [4.78, 5) is 12.5. The van der Waals surface area contributed by atoms with Crippen LogP contribution in [-0.2, 0) is 11.3 Å². The minimum atomic E-state index is 0.0957. The van der Waals surface area contributed by atoms with Gasteiger partial charge in [0.25, 0.3) is 0 Å². The quantitative estimate of drug-likeness (QED) is 0.751. The predicted octanol–water partition coefficient (Wildman–Crippen LogP) is 4.19. The lowest BCUT2D eigenvalue weighted by Crippen LogP contribution is -2.33. The number of carbonyl (C=O) groups excluding carboxylic acids is 1. The molecule has 1 N–H and O–H groups in total. The molecule has 5 nitrogen and oxygen atoms in total. The average Bonchev–Trinajstić information content (AvgIpc) is 3.39. The molecule has 134 valence electrons. The van der Waals surface area contributed by atoms with Crippen LogP contribution in [0.15, 0.2) is 65.4 Å². The number of hydrogen-bond acceptors (Lipinski definition) is 3. The topological polar surface area (TPSA) is 60.1 Å². The summed E-state index contributed by atoms with van der Waals surface area (Å²) in [5.74, 6) is 0.894. The molecule has 0 atom stereocenters. The van der Waals surface area contributed by atoms with E-state index < -0.39 is 0 Å². The second-order valence-electron chi connectivity index (χ2n) is 6.90. The van der Waals surface area contributed by atoms with Crippen molar-refractivity contribution in [2.45, 2.75) is 38.3 Å². The van der Waals surface area contributed by atoms with Gasteiger partial charge in [0.2, 0.25) is 5.91 Å². The van der Waals surface area contributed by atoms with Crippen molar-refractivity contribution in [1.29, 1.82) is 0 Å². The van der Waals surface area contributed by atoms with Crippen LogP contribution in [0.2, 0.25) is 0 Å². The van der Waals surface area contributed by atoms with Crippen molar-refractivity contribution in [3.05, 3.63) is 66.7 Å². The zero-order chi connectivity index (χ0) is 17.8. The van der Waals surface area contributed by atoms with Gasteiger partial charge >= 0.3 is 0 Å². The Labute approximate surface area is 153 Å². The molecule has 2 heterocycles. The maximum absolute atomic E-state index is 12.5.